The van der Waals surface area contributed by atoms with Gasteiger partial charge >= 0.3 is 6.09 Å². The molecule has 2 aromatic rings. The Morgan fingerprint density at radius 2 is 1.55 bits per heavy atom. The van der Waals surface area contributed by atoms with Crippen molar-refractivity contribution in [3.8, 4) is 17.2 Å². The Balaban J connectivity index is 2.11. The van der Waals surface area contributed by atoms with E-state index in [1.165, 1.54) is 0 Å². The maximum atomic E-state index is 11.5. The van der Waals surface area contributed by atoms with Gasteiger partial charge in [-0.15, -0.1) is 0 Å². The van der Waals surface area contributed by atoms with Crippen LogP contribution in [-0.4, -0.2) is 37.5 Å². The summed E-state index contributed by atoms with van der Waals surface area (Å²) in [6.07, 6.45) is 1.06. The summed E-state index contributed by atoms with van der Waals surface area (Å²) in [5, 5.41) is 5.86. The molecule has 0 bridgehead atoms. The molecule has 158 valence electrons. The van der Waals surface area contributed by atoms with Crippen molar-refractivity contribution in [1.29, 1.82) is 0 Å². The van der Waals surface area contributed by atoms with Crippen molar-refractivity contribution in [2.45, 2.75) is 34.2 Å². The smallest absolute Gasteiger partial charge is 0.411 e. The number of pyridine rings is 1. The molecule has 0 aliphatic rings. The zero-order chi connectivity index (χ0) is 21.1. The molecule has 2 N–H and O–H groups in total. The number of hydrogen-bond acceptors (Lipinski definition) is 7. The zero-order valence-electron chi connectivity index (χ0n) is 17.4. The number of rotatable bonds is 11. The van der Waals surface area contributed by atoms with Gasteiger partial charge < -0.3 is 24.3 Å². The molecule has 0 aliphatic heterocycles. The number of aromatic nitrogens is 1. The number of nitrogens with zero attached hydrogens (tertiary/aromatic N) is 1. The highest BCUT2D eigenvalue weighted by atomic mass is 16.5. The molecule has 2 rings (SSSR count). The first-order chi connectivity index (χ1) is 14.1. The van der Waals surface area contributed by atoms with Crippen molar-refractivity contribution in [2.75, 3.05) is 37.1 Å². The number of anilines is 2. The van der Waals surface area contributed by atoms with Gasteiger partial charge in [-0.3, -0.25) is 5.32 Å². The summed E-state index contributed by atoms with van der Waals surface area (Å²) in [5.41, 5.74) is 1.48. The molecule has 1 aromatic carbocycles. The molecule has 0 atom stereocenters. The molecule has 1 aromatic heterocycles. The van der Waals surface area contributed by atoms with Crippen LogP contribution in [-0.2, 0) is 11.3 Å². The highest BCUT2D eigenvalue weighted by Crippen LogP contribution is 2.35. The van der Waals surface area contributed by atoms with Gasteiger partial charge in [0.2, 0.25) is 0 Å². The zero-order valence-corrected chi connectivity index (χ0v) is 17.4. The summed E-state index contributed by atoms with van der Waals surface area (Å²) < 4.78 is 22.0. The SMILES string of the molecule is CCOC(=O)Nc1ccc(NCc2cc(OCC)c(OCC)cc2OCC)nc1. The van der Waals surface area contributed by atoms with Crippen molar-refractivity contribution in [1.82, 2.24) is 4.98 Å². The van der Waals surface area contributed by atoms with Crippen LogP contribution >= 0.6 is 0 Å². The van der Waals surface area contributed by atoms with Gasteiger partial charge in [0, 0.05) is 18.2 Å². The lowest BCUT2D eigenvalue weighted by Crippen LogP contribution is -2.13. The van der Waals surface area contributed by atoms with E-state index in [0.717, 1.165) is 11.3 Å². The average molecular weight is 403 g/mol. The highest BCUT2D eigenvalue weighted by Gasteiger charge is 2.13. The quantitative estimate of drug-likeness (QED) is 0.572. The lowest BCUT2D eigenvalue weighted by atomic mass is 10.1. The minimum Gasteiger partial charge on any atom is -0.493 e. The molecule has 8 heteroatoms. The summed E-state index contributed by atoms with van der Waals surface area (Å²) in [7, 11) is 0. The van der Waals surface area contributed by atoms with Crippen LogP contribution < -0.4 is 24.8 Å². The van der Waals surface area contributed by atoms with E-state index in [2.05, 4.69) is 15.6 Å². The lowest BCUT2D eigenvalue weighted by Gasteiger charge is -2.17. The fourth-order valence-corrected chi connectivity index (χ4v) is 2.59. The molecule has 0 aliphatic carbocycles. The molecule has 0 fully saturated rings. The normalized spacial score (nSPS) is 10.2. The summed E-state index contributed by atoms with van der Waals surface area (Å²) in [5.74, 6) is 2.73. The molecule has 1 amide bonds. The van der Waals surface area contributed by atoms with E-state index in [4.69, 9.17) is 18.9 Å². The average Bonchev–Trinajstić information content (AvgIpc) is 2.70. The Labute approximate surface area is 171 Å². The Morgan fingerprint density at radius 3 is 2.14 bits per heavy atom. The molecule has 0 spiro atoms. The number of carbonyl (C=O) groups excluding carboxylic acids is 1. The molecule has 0 unspecified atom stereocenters. The number of hydrogen-bond donors (Lipinski definition) is 2. The fraction of sp³-hybridized carbons (Fsp3) is 0.429. The summed E-state index contributed by atoms with van der Waals surface area (Å²) in [4.78, 5) is 15.8. The van der Waals surface area contributed by atoms with Gasteiger partial charge in [-0.2, -0.15) is 0 Å². The second kappa shape index (κ2) is 11.6. The van der Waals surface area contributed by atoms with Gasteiger partial charge in [0.15, 0.2) is 11.5 Å². The predicted octanol–water partition coefficient (Wildman–Crippen LogP) is 4.46. The first kappa shape index (κ1) is 22.1. The fourth-order valence-electron chi connectivity index (χ4n) is 2.59. The van der Waals surface area contributed by atoms with E-state index in [-0.39, 0.29) is 0 Å². The van der Waals surface area contributed by atoms with Crippen LogP contribution in [0.15, 0.2) is 30.5 Å². The van der Waals surface area contributed by atoms with E-state index >= 15 is 0 Å². The Hall–Kier alpha value is -3.16. The van der Waals surface area contributed by atoms with Crippen molar-refractivity contribution in [3.63, 3.8) is 0 Å². The minimum atomic E-state index is -0.505. The summed E-state index contributed by atoms with van der Waals surface area (Å²) in [6, 6.07) is 7.30. The lowest BCUT2D eigenvalue weighted by molar-refractivity contribution is 0.168. The van der Waals surface area contributed by atoms with Crippen molar-refractivity contribution in [2.24, 2.45) is 0 Å². The molecule has 0 radical (unpaired) electrons. The molecular weight excluding hydrogens is 374 g/mol. The monoisotopic (exact) mass is 403 g/mol. The van der Waals surface area contributed by atoms with Crippen molar-refractivity contribution < 1.29 is 23.7 Å². The van der Waals surface area contributed by atoms with Crippen LogP contribution in [0.3, 0.4) is 0 Å². The molecular formula is C21H29N3O5. The van der Waals surface area contributed by atoms with E-state index in [9.17, 15) is 4.79 Å². The Kier molecular flexibility index (Phi) is 8.88. The predicted molar refractivity (Wildman–Crippen MR) is 112 cm³/mol. The van der Waals surface area contributed by atoms with Crippen molar-refractivity contribution >= 4 is 17.6 Å². The first-order valence-corrected chi connectivity index (χ1v) is 9.80. The Morgan fingerprint density at radius 1 is 0.897 bits per heavy atom. The van der Waals surface area contributed by atoms with Crippen LogP contribution in [0.5, 0.6) is 17.2 Å². The van der Waals surface area contributed by atoms with Gasteiger partial charge in [0.05, 0.1) is 38.3 Å². The van der Waals surface area contributed by atoms with Gasteiger partial charge in [0.1, 0.15) is 11.6 Å². The summed E-state index contributed by atoms with van der Waals surface area (Å²) in [6.45, 7) is 9.96. The molecule has 0 saturated carbocycles. The van der Waals surface area contributed by atoms with E-state index in [0.29, 0.717) is 56.0 Å². The van der Waals surface area contributed by atoms with E-state index < -0.39 is 6.09 Å². The summed E-state index contributed by atoms with van der Waals surface area (Å²) >= 11 is 0. The topological polar surface area (TPSA) is 90.9 Å². The first-order valence-electron chi connectivity index (χ1n) is 9.80. The van der Waals surface area contributed by atoms with Gasteiger partial charge in [-0.05, 0) is 45.9 Å². The second-order valence-electron chi connectivity index (χ2n) is 5.84. The number of carbonyl (C=O) groups is 1. The molecule has 0 saturated heterocycles. The molecule has 1 heterocycles. The van der Waals surface area contributed by atoms with Crippen LogP contribution in [0.4, 0.5) is 16.3 Å². The maximum Gasteiger partial charge on any atom is 0.411 e. The standard InChI is InChI=1S/C21H29N3O5/c1-5-26-17-12-19(28-7-3)18(27-6-2)11-15(17)13-22-20-10-9-16(14-23-20)24-21(25)29-8-4/h9-12,14H,5-8,13H2,1-4H3,(H,22,23)(H,24,25). The van der Waals surface area contributed by atoms with Crippen molar-refractivity contribution in [3.05, 3.63) is 36.0 Å². The number of benzene rings is 1. The third-order valence-corrected chi connectivity index (χ3v) is 3.77. The third-order valence-electron chi connectivity index (χ3n) is 3.77. The van der Waals surface area contributed by atoms with Gasteiger partial charge in [-0.25, -0.2) is 9.78 Å². The van der Waals surface area contributed by atoms with E-state index in [1.807, 2.05) is 32.9 Å². The maximum absolute atomic E-state index is 11.5. The third kappa shape index (κ3) is 6.74. The van der Waals surface area contributed by atoms with Gasteiger partial charge in [-0.1, -0.05) is 0 Å². The highest BCUT2D eigenvalue weighted by molar-refractivity contribution is 5.84. The van der Waals surface area contributed by atoms with Gasteiger partial charge in [0.25, 0.3) is 0 Å². The van der Waals surface area contributed by atoms with Crippen LogP contribution in [0.2, 0.25) is 0 Å². The number of nitrogens with one attached hydrogen (secondary N) is 2. The van der Waals surface area contributed by atoms with Crippen LogP contribution in [0, 0.1) is 0 Å². The largest absolute Gasteiger partial charge is 0.493 e. The Bertz CT molecular complexity index is 781. The van der Waals surface area contributed by atoms with Crippen LogP contribution in [0.25, 0.3) is 0 Å². The molecule has 8 nitrogen and oxygen atoms in total. The van der Waals surface area contributed by atoms with Crippen LogP contribution in [0.1, 0.15) is 33.3 Å². The number of ether oxygens (including phenoxy) is 4. The van der Waals surface area contributed by atoms with E-state index in [1.54, 1.807) is 25.3 Å². The number of amides is 1. The molecule has 29 heavy (non-hydrogen) atoms. The minimum absolute atomic E-state index is 0.312. The second-order valence-corrected chi connectivity index (χ2v) is 5.84.